The number of aromatic nitrogens is 5. The van der Waals surface area contributed by atoms with Crippen LogP contribution in [0.15, 0.2) is 36.5 Å². The zero-order valence-electron chi connectivity index (χ0n) is 12.5. The van der Waals surface area contributed by atoms with Crippen molar-refractivity contribution < 1.29 is 4.79 Å². The lowest BCUT2D eigenvalue weighted by Gasteiger charge is -2.03. The summed E-state index contributed by atoms with van der Waals surface area (Å²) in [4.78, 5) is 12.0. The lowest BCUT2D eigenvalue weighted by molar-refractivity contribution is 0.0947. The minimum absolute atomic E-state index is 0.202. The normalized spacial score (nSPS) is 10.7. The molecule has 23 heavy (non-hydrogen) atoms. The van der Waals surface area contributed by atoms with Crippen molar-refractivity contribution in [2.45, 2.75) is 13.5 Å². The second-order valence-corrected chi connectivity index (χ2v) is 5.38. The van der Waals surface area contributed by atoms with E-state index in [2.05, 4.69) is 25.8 Å². The number of H-pyrrole nitrogens is 1. The van der Waals surface area contributed by atoms with Gasteiger partial charge in [-0.1, -0.05) is 47.1 Å². The number of benzene rings is 1. The summed E-state index contributed by atoms with van der Waals surface area (Å²) in [5.41, 5.74) is 2.66. The van der Waals surface area contributed by atoms with Crippen molar-refractivity contribution in [1.29, 1.82) is 0 Å². The smallest absolute Gasteiger partial charge is 0.273 e. The standard InChI is InChI=1S/C15H15ClN6O/c1-10-13(16)14(20-18-10)15(23)17-7-8-22-9-12(19-21-22)11-5-3-2-4-6-11/h2-6,9H,7-8H2,1H3,(H,17,23)(H,18,20). The Balaban J connectivity index is 1.56. The average molecular weight is 331 g/mol. The van der Waals surface area contributed by atoms with Crippen LogP contribution in [0.4, 0.5) is 0 Å². The minimum atomic E-state index is -0.317. The number of aromatic amines is 1. The van der Waals surface area contributed by atoms with Gasteiger partial charge < -0.3 is 5.32 Å². The zero-order chi connectivity index (χ0) is 16.2. The summed E-state index contributed by atoms with van der Waals surface area (Å²) in [6.07, 6.45) is 1.84. The van der Waals surface area contributed by atoms with Crippen molar-refractivity contribution in [3.05, 3.63) is 52.9 Å². The van der Waals surface area contributed by atoms with Gasteiger partial charge in [-0.2, -0.15) is 5.10 Å². The number of halogens is 1. The maximum absolute atomic E-state index is 12.0. The van der Waals surface area contributed by atoms with E-state index in [0.29, 0.717) is 23.8 Å². The monoisotopic (exact) mass is 330 g/mol. The molecule has 118 valence electrons. The molecule has 0 fully saturated rings. The zero-order valence-corrected chi connectivity index (χ0v) is 13.2. The second-order valence-electron chi connectivity index (χ2n) is 5.00. The summed E-state index contributed by atoms with van der Waals surface area (Å²) in [6, 6.07) is 9.79. The van der Waals surface area contributed by atoms with Crippen LogP contribution in [0.1, 0.15) is 16.2 Å². The molecular weight excluding hydrogens is 316 g/mol. The number of aryl methyl sites for hydroxylation is 1. The van der Waals surface area contributed by atoms with Crippen LogP contribution in [0, 0.1) is 6.92 Å². The Labute approximate surface area is 137 Å². The maximum atomic E-state index is 12.0. The van der Waals surface area contributed by atoms with Crippen molar-refractivity contribution in [2.75, 3.05) is 6.54 Å². The number of rotatable bonds is 5. The first kappa shape index (κ1) is 15.2. The topological polar surface area (TPSA) is 88.5 Å². The van der Waals surface area contributed by atoms with E-state index >= 15 is 0 Å². The van der Waals surface area contributed by atoms with Gasteiger partial charge in [0.1, 0.15) is 5.69 Å². The van der Waals surface area contributed by atoms with E-state index < -0.39 is 0 Å². The molecule has 8 heteroatoms. The highest BCUT2D eigenvalue weighted by Gasteiger charge is 2.15. The van der Waals surface area contributed by atoms with E-state index in [4.69, 9.17) is 11.6 Å². The quantitative estimate of drug-likeness (QED) is 0.749. The molecule has 0 unspecified atom stereocenters. The van der Waals surface area contributed by atoms with Crippen LogP contribution in [0.5, 0.6) is 0 Å². The largest absolute Gasteiger partial charge is 0.349 e. The maximum Gasteiger partial charge on any atom is 0.273 e. The Hall–Kier alpha value is -2.67. The highest BCUT2D eigenvalue weighted by molar-refractivity contribution is 6.34. The molecule has 3 aromatic rings. The van der Waals surface area contributed by atoms with E-state index in [0.717, 1.165) is 11.3 Å². The Bertz CT molecular complexity index is 810. The Kier molecular flexibility index (Phi) is 4.38. The summed E-state index contributed by atoms with van der Waals surface area (Å²) in [5, 5.41) is 17.8. The highest BCUT2D eigenvalue weighted by Crippen LogP contribution is 2.17. The van der Waals surface area contributed by atoms with Gasteiger partial charge in [-0.05, 0) is 6.92 Å². The molecule has 1 amide bonds. The molecule has 2 heterocycles. The molecule has 0 aliphatic heterocycles. The van der Waals surface area contributed by atoms with E-state index in [-0.39, 0.29) is 11.6 Å². The number of carbonyl (C=O) groups is 1. The molecule has 2 N–H and O–H groups in total. The van der Waals surface area contributed by atoms with Gasteiger partial charge in [0.2, 0.25) is 0 Å². The molecule has 0 radical (unpaired) electrons. The molecule has 0 spiro atoms. The van der Waals surface area contributed by atoms with Crippen LogP contribution in [0.25, 0.3) is 11.3 Å². The summed E-state index contributed by atoms with van der Waals surface area (Å²) in [7, 11) is 0. The minimum Gasteiger partial charge on any atom is -0.349 e. The molecule has 0 saturated heterocycles. The van der Waals surface area contributed by atoms with E-state index in [1.54, 1.807) is 11.6 Å². The van der Waals surface area contributed by atoms with Crippen LogP contribution in [0.3, 0.4) is 0 Å². The second kappa shape index (κ2) is 6.62. The van der Waals surface area contributed by atoms with Gasteiger partial charge in [-0.3, -0.25) is 14.6 Å². The molecule has 3 rings (SSSR count). The van der Waals surface area contributed by atoms with Crippen molar-refractivity contribution in [3.63, 3.8) is 0 Å². The fourth-order valence-electron chi connectivity index (χ4n) is 2.08. The lowest BCUT2D eigenvalue weighted by Crippen LogP contribution is -2.28. The third kappa shape index (κ3) is 3.40. The van der Waals surface area contributed by atoms with E-state index in [1.807, 2.05) is 36.5 Å². The third-order valence-corrected chi connectivity index (χ3v) is 3.78. The van der Waals surface area contributed by atoms with Gasteiger partial charge in [0.05, 0.1) is 23.5 Å². The van der Waals surface area contributed by atoms with Crippen molar-refractivity contribution in [3.8, 4) is 11.3 Å². The van der Waals surface area contributed by atoms with Crippen molar-refractivity contribution in [2.24, 2.45) is 0 Å². The molecule has 1 aromatic carbocycles. The van der Waals surface area contributed by atoms with Crippen LogP contribution >= 0.6 is 11.6 Å². The van der Waals surface area contributed by atoms with Crippen LogP contribution < -0.4 is 5.32 Å². The number of hydrogen-bond acceptors (Lipinski definition) is 4. The molecule has 0 aliphatic carbocycles. The van der Waals surface area contributed by atoms with Gasteiger partial charge >= 0.3 is 0 Å². The summed E-state index contributed by atoms with van der Waals surface area (Å²) in [5.74, 6) is -0.317. The summed E-state index contributed by atoms with van der Waals surface area (Å²) in [6.45, 7) is 2.66. The van der Waals surface area contributed by atoms with Crippen molar-refractivity contribution in [1.82, 2.24) is 30.5 Å². The van der Waals surface area contributed by atoms with Gasteiger partial charge in [0.25, 0.3) is 5.91 Å². The fraction of sp³-hybridized carbons (Fsp3) is 0.200. The van der Waals surface area contributed by atoms with Crippen LogP contribution in [-0.4, -0.2) is 37.6 Å². The SMILES string of the molecule is Cc1[nH]nc(C(=O)NCCn2cc(-c3ccccc3)nn2)c1Cl. The number of nitrogens with one attached hydrogen (secondary N) is 2. The molecular formula is C15H15ClN6O. The molecule has 2 aromatic heterocycles. The predicted octanol–water partition coefficient (Wildman–Crippen LogP) is 2.06. The molecule has 0 aliphatic rings. The van der Waals surface area contributed by atoms with Gasteiger partial charge in [-0.25, -0.2) is 0 Å². The number of carbonyl (C=O) groups excluding carboxylic acids is 1. The van der Waals surface area contributed by atoms with Gasteiger partial charge in [-0.15, -0.1) is 5.10 Å². The van der Waals surface area contributed by atoms with Crippen LogP contribution in [-0.2, 0) is 6.54 Å². The first-order valence-corrected chi connectivity index (χ1v) is 7.47. The van der Waals surface area contributed by atoms with E-state index in [9.17, 15) is 4.79 Å². The number of hydrogen-bond donors (Lipinski definition) is 2. The van der Waals surface area contributed by atoms with Gasteiger partial charge in [0, 0.05) is 12.1 Å². The summed E-state index contributed by atoms with van der Waals surface area (Å²) >= 11 is 5.99. The fourth-order valence-corrected chi connectivity index (χ4v) is 2.25. The van der Waals surface area contributed by atoms with Crippen LogP contribution in [0.2, 0.25) is 5.02 Å². The van der Waals surface area contributed by atoms with Crippen molar-refractivity contribution >= 4 is 17.5 Å². The average Bonchev–Trinajstić information content (AvgIpc) is 3.16. The first-order chi connectivity index (χ1) is 11.1. The first-order valence-electron chi connectivity index (χ1n) is 7.09. The molecule has 0 bridgehead atoms. The number of amides is 1. The molecule has 0 atom stereocenters. The van der Waals surface area contributed by atoms with E-state index in [1.165, 1.54) is 0 Å². The summed E-state index contributed by atoms with van der Waals surface area (Å²) < 4.78 is 1.68. The molecule has 7 nitrogen and oxygen atoms in total. The Morgan fingerprint density at radius 3 is 2.83 bits per heavy atom. The highest BCUT2D eigenvalue weighted by atomic mass is 35.5. The predicted molar refractivity (Wildman–Crippen MR) is 86.1 cm³/mol. The molecule has 0 saturated carbocycles. The Morgan fingerprint density at radius 1 is 1.35 bits per heavy atom. The van der Waals surface area contributed by atoms with Gasteiger partial charge in [0.15, 0.2) is 5.69 Å². The third-order valence-electron chi connectivity index (χ3n) is 3.32. The number of nitrogens with zero attached hydrogens (tertiary/aromatic N) is 4. The Morgan fingerprint density at radius 2 is 2.13 bits per heavy atom. The lowest BCUT2D eigenvalue weighted by atomic mass is 10.2.